The lowest BCUT2D eigenvalue weighted by Gasteiger charge is -2.13. The summed E-state index contributed by atoms with van der Waals surface area (Å²) < 4.78 is 6.50. The van der Waals surface area contributed by atoms with E-state index in [2.05, 4.69) is 26.2 Å². The number of aliphatic hydroxyl groups is 1. The van der Waals surface area contributed by atoms with Crippen LogP contribution in [0.4, 0.5) is 0 Å². The van der Waals surface area contributed by atoms with E-state index in [0.29, 0.717) is 6.54 Å². The molecular weight excluding hydrogens is 332 g/mol. The number of benzene rings is 1. The highest BCUT2D eigenvalue weighted by molar-refractivity contribution is 9.10. The van der Waals surface area contributed by atoms with E-state index in [4.69, 9.17) is 4.74 Å². The van der Waals surface area contributed by atoms with Gasteiger partial charge in [-0.1, -0.05) is 28.1 Å². The summed E-state index contributed by atoms with van der Waals surface area (Å²) in [7, 11) is 0. The first kappa shape index (κ1) is 15.9. The van der Waals surface area contributed by atoms with Gasteiger partial charge in [0.25, 0.3) is 0 Å². The van der Waals surface area contributed by atoms with Gasteiger partial charge in [-0.25, -0.2) is 0 Å². The zero-order valence-electron chi connectivity index (χ0n) is 11.7. The molecule has 1 heterocycles. The number of rotatable bonds is 8. The second-order valence-corrected chi connectivity index (χ2v) is 5.65. The third kappa shape index (κ3) is 6.25. The van der Waals surface area contributed by atoms with Gasteiger partial charge in [-0.05, 0) is 42.8 Å². The van der Waals surface area contributed by atoms with Crippen molar-refractivity contribution in [2.75, 3.05) is 19.7 Å². The molecule has 0 saturated heterocycles. The first-order valence-corrected chi connectivity index (χ1v) is 7.69. The zero-order chi connectivity index (χ0) is 14.9. The number of aromatic nitrogens is 1. The molecule has 1 unspecified atom stereocenters. The van der Waals surface area contributed by atoms with Crippen LogP contribution in [0, 0.1) is 0 Å². The van der Waals surface area contributed by atoms with Gasteiger partial charge in [-0.2, -0.15) is 0 Å². The van der Waals surface area contributed by atoms with Crippen LogP contribution in [-0.4, -0.2) is 35.9 Å². The van der Waals surface area contributed by atoms with E-state index in [-0.39, 0.29) is 6.61 Å². The molecule has 1 atom stereocenters. The lowest BCUT2D eigenvalue weighted by Crippen LogP contribution is -2.32. The number of halogens is 1. The van der Waals surface area contributed by atoms with E-state index >= 15 is 0 Å². The number of hydrogen-bond acceptors (Lipinski definition) is 4. The van der Waals surface area contributed by atoms with E-state index < -0.39 is 6.10 Å². The first-order chi connectivity index (χ1) is 10.2. The Balaban J connectivity index is 1.60. The van der Waals surface area contributed by atoms with Crippen molar-refractivity contribution in [2.24, 2.45) is 0 Å². The van der Waals surface area contributed by atoms with Crippen LogP contribution in [0.15, 0.2) is 53.3 Å². The molecule has 5 heteroatoms. The third-order valence-electron chi connectivity index (χ3n) is 2.93. The van der Waals surface area contributed by atoms with Crippen LogP contribution < -0.4 is 10.1 Å². The standard InChI is InChI=1S/C16H19BrN2O2/c17-14-4-1-5-16(9-14)21-12-15(20)11-19-8-6-13-3-2-7-18-10-13/h1-5,7,9-10,15,19-20H,6,8,11-12H2. The molecule has 2 aromatic rings. The van der Waals surface area contributed by atoms with Crippen LogP contribution in [0.5, 0.6) is 5.75 Å². The summed E-state index contributed by atoms with van der Waals surface area (Å²) in [5.41, 5.74) is 1.19. The highest BCUT2D eigenvalue weighted by Gasteiger charge is 2.05. The van der Waals surface area contributed by atoms with Crippen molar-refractivity contribution in [1.29, 1.82) is 0 Å². The zero-order valence-corrected chi connectivity index (χ0v) is 13.3. The summed E-state index contributed by atoms with van der Waals surface area (Å²) >= 11 is 3.38. The van der Waals surface area contributed by atoms with Crippen molar-refractivity contribution < 1.29 is 9.84 Å². The highest BCUT2D eigenvalue weighted by Crippen LogP contribution is 2.17. The minimum absolute atomic E-state index is 0.274. The molecular formula is C16H19BrN2O2. The molecule has 21 heavy (non-hydrogen) atoms. The van der Waals surface area contributed by atoms with Gasteiger partial charge in [-0.3, -0.25) is 4.98 Å². The van der Waals surface area contributed by atoms with Crippen LogP contribution in [0.3, 0.4) is 0 Å². The SMILES string of the molecule is OC(CNCCc1cccnc1)COc1cccc(Br)c1. The first-order valence-electron chi connectivity index (χ1n) is 6.90. The topological polar surface area (TPSA) is 54.4 Å². The quantitative estimate of drug-likeness (QED) is 0.718. The number of nitrogens with one attached hydrogen (secondary N) is 1. The Bertz CT molecular complexity index is 537. The van der Waals surface area contributed by atoms with Crippen molar-refractivity contribution in [1.82, 2.24) is 10.3 Å². The van der Waals surface area contributed by atoms with Crippen LogP contribution in [0.2, 0.25) is 0 Å². The van der Waals surface area contributed by atoms with Crippen LogP contribution in [-0.2, 0) is 6.42 Å². The van der Waals surface area contributed by atoms with Crippen LogP contribution >= 0.6 is 15.9 Å². The molecule has 0 saturated carbocycles. The van der Waals surface area contributed by atoms with E-state index in [0.717, 1.165) is 23.2 Å². The molecule has 0 spiro atoms. The van der Waals surface area contributed by atoms with E-state index in [9.17, 15) is 5.11 Å². The van der Waals surface area contributed by atoms with Crippen molar-refractivity contribution in [3.63, 3.8) is 0 Å². The predicted molar refractivity (Wildman–Crippen MR) is 86.5 cm³/mol. The fourth-order valence-corrected chi connectivity index (χ4v) is 2.23. The highest BCUT2D eigenvalue weighted by atomic mass is 79.9. The van der Waals surface area contributed by atoms with Crippen LogP contribution in [0.25, 0.3) is 0 Å². The molecule has 0 aliphatic heterocycles. The molecule has 0 amide bonds. The Hall–Kier alpha value is -1.43. The summed E-state index contributed by atoms with van der Waals surface area (Å²) in [4.78, 5) is 4.07. The van der Waals surface area contributed by atoms with Gasteiger partial charge < -0.3 is 15.2 Å². The smallest absolute Gasteiger partial charge is 0.120 e. The Morgan fingerprint density at radius 3 is 2.95 bits per heavy atom. The number of aliphatic hydroxyl groups excluding tert-OH is 1. The monoisotopic (exact) mass is 350 g/mol. The van der Waals surface area contributed by atoms with Crippen LogP contribution in [0.1, 0.15) is 5.56 Å². The summed E-state index contributed by atoms with van der Waals surface area (Å²) in [6.45, 7) is 1.59. The average molecular weight is 351 g/mol. The Kier molecular flexibility index (Phi) is 6.66. The molecule has 4 nitrogen and oxygen atoms in total. The lowest BCUT2D eigenvalue weighted by molar-refractivity contribution is 0.106. The van der Waals surface area contributed by atoms with Gasteiger partial charge in [0, 0.05) is 23.4 Å². The molecule has 1 aromatic heterocycles. The summed E-state index contributed by atoms with van der Waals surface area (Å²) in [6.07, 6.45) is 3.99. The molecule has 0 aliphatic rings. The van der Waals surface area contributed by atoms with Crippen molar-refractivity contribution in [3.8, 4) is 5.75 Å². The van der Waals surface area contributed by atoms with Gasteiger partial charge in [0.2, 0.25) is 0 Å². The van der Waals surface area contributed by atoms with Gasteiger partial charge in [0.05, 0.1) is 0 Å². The minimum atomic E-state index is -0.530. The van der Waals surface area contributed by atoms with E-state index in [1.165, 1.54) is 5.56 Å². The number of hydrogen-bond donors (Lipinski definition) is 2. The van der Waals surface area contributed by atoms with Crippen molar-refractivity contribution >= 4 is 15.9 Å². The number of ether oxygens (including phenoxy) is 1. The number of nitrogens with zero attached hydrogens (tertiary/aromatic N) is 1. The molecule has 112 valence electrons. The van der Waals surface area contributed by atoms with E-state index in [1.807, 2.05) is 42.6 Å². The Morgan fingerprint density at radius 1 is 1.29 bits per heavy atom. The van der Waals surface area contributed by atoms with Crippen molar-refractivity contribution in [2.45, 2.75) is 12.5 Å². The summed E-state index contributed by atoms with van der Waals surface area (Å²) in [5, 5.41) is 13.1. The van der Waals surface area contributed by atoms with Gasteiger partial charge in [-0.15, -0.1) is 0 Å². The van der Waals surface area contributed by atoms with Gasteiger partial charge in [0.15, 0.2) is 0 Å². The summed E-state index contributed by atoms with van der Waals surface area (Å²) in [5.74, 6) is 0.749. The Labute approximate surface area is 133 Å². The molecule has 1 aromatic carbocycles. The second-order valence-electron chi connectivity index (χ2n) is 4.74. The predicted octanol–water partition coefficient (Wildman–Crippen LogP) is 2.42. The normalized spacial score (nSPS) is 12.1. The molecule has 2 N–H and O–H groups in total. The lowest BCUT2D eigenvalue weighted by atomic mass is 10.2. The summed E-state index contributed by atoms with van der Waals surface area (Å²) in [6, 6.07) is 11.6. The maximum atomic E-state index is 9.87. The third-order valence-corrected chi connectivity index (χ3v) is 3.42. The Morgan fingerprint density at radius 2 is 2.19 bits per heavy atom. The van der Waals surface area contributed by atoms with Gasteiger partial charge >= 0.3 is 0 Å². The molecule has 0 bridgehead atoms. The second kappa shape index (κ2) is 8.77. The van der Waals surface area contributed by atoms with Gasteiger partial charge in [0.1, 0.15) is 18.5 Å². The molecule has 2 rings (SSSR count). The minimum Gasteiger partial charge on any atom is -0.491 e. The van der Waals surface area contributed by atoms with E-state index in [1.54, 1.807) is 6.20 Å². The fourth-order valence-electron chi connectivity index (χ4n) is 1.86. The van der Waals surface area contributed by atoms with Crippen molar-refractivity contribution in [3.05, 3.63) is 58.8 Å². The average Bonchev–Trinajstić information content (AvgIpc) is 2.51. The maximum absolute atomic E-state index is 9.87. The fraction of sp³-hybridized carbons (Fsp3) is 0.312. The number of pyridine rings is 1. The molecule has 0 aliphatic carbocycles. The molecule has 0 fully saturated rings. The largest absolute Gasteiger partial charge is 0.491 e. The maximum Gasteiger partial charge on any atom is 0.120 e. The molecule has 0 radical (unpaired) electrons.